The molecule has 0 fully saturated rings. The van der Waals surface area contributed by atoms with Crippen molar-refractivity contribution < 1.29 is 32.3 Å². The summed E-state index contributed by atoms with van der Waals surface area (Å²) in [7, 11) is -3.71. The lowest BCUT2D eigenvalue weighted by molar-refractivity contribution is -0.0834. The molecule has 8 heteroatoms. The third-order valence-electron chi connectivity index (χ3n) is 4.85. The van der Waals surface area contributed by atoms with Gasteiger partial charge in [-0.2, -0.15) is 8.42 Å². The molecule has 2 N–H and O–H groups in total. The van der Waals surface area contributed by atoms with Crippen LogP contribution in [0.3, 0.4) is 0 Å². The van der Waals surface area contributed by atoms with E-state index in [2.05, 4.69) is 0 Å². The average molecular weight is 453 g/mol. The van der Waals surface area contributed by atoms with Gasteiger partial charge < -0.3 is 19.7 Å². The molecular formula is C23H32O7S. The normalized spacial score (nSPS) is 15.9. The van der Waals surface area contributed by atoms with Crippen molar-refractivity contribution in [3.8, 4) is 0 Å². The Labute approximate surface area is 184 Å². The van der Waals surface area contributed by atoms with Crippen LogP contribution in [0.25, 0.3) is 0 Å². The standard InChI is InChI=1S/C23H32O7S/c1-18(13-22(21(25)14-24)29-16-20-11-7-4-8-12-20)23(30-31(2,26)27)17-28-15-19-9-5-3-6-10-19/h3-12,18,21-25H,13-17H2,1-2H3/t18-,21+,22-,23+/m0/s1. The first-order valence-corrected chi connectivity index (χ1v) is 12.0. The van der Waals surface area contributed by atoms with E-state index in [1.54, 1.807) is 0 Å². The summed E-state index contributed by atoms with van der Waals surface area (Å²) in [6, 6.07) is 19.0. The van der Waals surface area contributed by atoms with Crippen molar-refractivity contribution in [2.75, 3.05) is 19.5 Å². The van der Waals surface area contributed by atoms with Crippen molar-refractivity contribution in [1.29, 1.82) is 0 Å². The Morgan fingerprint density at radius 3 is 1.97 bits per heavy atom. The molecule has 4 atom stereocenters. The second-order valence-electron chi connectivity index (χ2n) is 7.64. The Kier molecular flexibility index (Phi) is 10.6. The molecule has 0 bridgehead atoms. The van der Waals surface area contributed by atoms with Crippen molar-refractivity contribution in [3.63, 3.8) is 0 Å². The van der Waals surface area contributed by atoms with Crippen molar-refractivity contribution >= 4 is 10.1 Å². The third kappa shape index (κ3) is 9.90. The van der Waals surface area contributed by atoms with Crippen LogP contribution < -0.4 is 0 Å². The van der Waals surface area contributed by atoms with Gasteiger partial charge in [-0.15, -0.1) is 0 Å². The van der Waals surface area contributed by atoms with Crippen LogP contribution in [0, 0.1) is 5.92 Å². The van der Waals surface area contributed by atoms with E-state index >= 15 is 0 Å². The highest BCUT2D eigenvalue weighted by Crippen LogP contribution is 2.21. The molecule has 31 heavy (non-hydrogen) atoms. The zero-order valence-electron chi connectivity index (χ0n) is 18.0. The summed E-state index contributed by atoms with van der Waals surface area (Å²) in [4.78, 5) is 0. The smallest absolute Gasteiger partial charge is 0.264 e. The minimum atomic E-state index is -3.71. The van der Waals surface area contributed by atoms with E-state index in [4.69, 9.17) is 13.7 Å². The van der Waals surface area contributed by atoms with Gasteiger partial charge in [-0.3, -0.25) is 4.18 Å². The number of ether oxygens (including phenoxy) is 2. The summed E-state index contributed by atoms with van der Waals surface area (Å²) in [5.41, 5.74) is 1.90. The molecule has 0 aliphatic rings. The number of aliphatic hydroxyl groups excluding tert-OH is 2. The molecule has 0 aliphatic carbocycles. The van der Waals surface area contributed by atoms with Crippen LogP contribution in [0.1, 0.15) is 24.5 Å². The Morgan fingerprint density at radius 1 is 0.903 bits per heavy atom. The number of rotatable bonds is 14. The molecule has 2 rings (SSSR count). The molecule has 0 unspecified atom stereocenters. The quantitative estimate of drug-likeness (QED) is 0.425. The number of hydrogen-bond acceptors (Lipinski definition) is 7. The highest BCUT2D eigenvalue weighted by Gasteiger charge is 2.29. The largest absolute Gasteiger partial charge is 0.394 e. The second-order valence-corrected chi connectivity index (χ2v) is 9.24. The average Bonchev–Trinajstić information content (AvgIpc) is 2.75. The molecule has 0 amide bonds. The van der Waals surface area contributed by atoms with Crippen LogP contribution in [0.15, 0.2) is 60.7 Å². The SMILES string of the molecule is C[C@@H](C[C@H](OCc1ccccc1)[C@H](O)CO)[C@@H](COCc1ccccc1)OS(C)(=O)=O. The summed E-state index contributed by atoms with van der Waals surface area (Å²) < 4.78 is 40.4. The Balaban J connectivity index is 2.00. The first-order chi connectivity index (χ1) is 14.8. The van der Waals surface area contributed by atoms with E-state index in [1.807, 2.05) is 67.6 Å². The van der Waals surface area contributed by atoms with Gasteiger partial charge in [-0.05, 0) is 23.5 Å². The van der Waals surface area contributed by atoms with Crippen molar-refractivity contribution in [2.24, 2.45) is 5.92 Å². The van der Waals surface area contributed by atoms with Crippen LogP contribution >= 0.6 is 0 Å². The van der Waals surface area contributed by atoms with Gasteiger partial charge in [-0.25, -0.2) is 0 Å². The third-order valence-corrected chi connectivity index (χ3v) is 5.45. The molecule has 0 aromatic heterocycles. The van der Waals surface area contributed by atoms with E-state index < -0.39 is 35.0 Å². The highest BCUT2D eigenvalue weighted by molar-refractivity contribution is 7.86. The molecule has 0 aliphatic heterocycles. The lowest BCUT2D eigenvalue weighted by Crippen LogP contribution is -2.38. The molecule has 2 aromatic rings. The first kappa shape index (κ1) is 25.5. The topological polar surface area (TPSA) is 102 Å². The van der Waals surface area contributed by atoms with Crippen LogP contribution in [-0.4, -0.2) is 56.4 Å². The predicted molar refractivity (Wildman–Crippen MR) is 118 cm³/mol. The fourth-order valence-corrected chi connectivity index (χ4v) is 3.82. The van der Waals surface area contributed by atoms with Gasteiger partial charge in [0.2, 0.25) is 0 Å². The zero-order valence-corrected chi connectivity index (χ0v) is 18.8. The predicted octanol–water partition coefficient (Wildman–Crippen LogP) is 2.51. The zero-order chi connectivity index (χ0) is 22.7. The first-order valence-electron chi connectivity index (χ1n) is 10.2. The van der Waals surface area contributed by atoms with Gasteiger partial charge in [0.1, 0.15) is 12.2 Å². The van der Waals surface area contributed by atoms with E-state index in [9.17, 15) is 18.6 Å². The fourth-order valence-electron chi connectivity index (χ4n) is 3.13. The highest BCUT2D eigenvalue weighted by atomic mass is 32.2. The fraction of sp³-hybridized carbons (Fsp3) is 0.478. The van der Waals surface area contributed by atoms with Crippen LogP contribution in [0.5, 0.6) is 0 Å². The van der Waals surface area contributed by atoms with E-state index in [0.717, 1.165) is 17.4 Å². The maximum Gasteiger partial charge on any atom is 0.264 e. The number of benzene rings is 2. The maximum atomic E-state index is 11.8. The lowest BCUT2D eigenvalue weighted by Gasteiger charge is -2.29. The molecule has 0 spiro atoms. The minimum absolute atomic E-state index is 0.0593. The summed E-state index contributed by atoms with van der Waals surface area (Å²) >= 11 is 0. The van der Waals surface area contributed by atoms with Crippen molar-refractivity contribution in [1.82, 2.24) is 0 Å². The van der Waals surface area contributed by atoms with Gasteiger partial charge in [0.25, 0.3) is 10.1 Å². The monoisotopic (exact) mass is 452 g/mol. The summed E-state index contributed by atoms with van der Waals surface area (Å²) in [6.07, 6.45) is -1.28. The van der Waals surface area contributed by atoms with Gasteiger partial charge in [0.05, 0.1) is 38.8 Å². The Bertz CT molecular complexity index is 843. The minimum Gasteiger partial charge on any atom is -0.394 e. The van der Waals surface area contributed by atoms with E-state index in [1.165, 1.54) is 0 Å². The van der Waals surface area contributed by atoms with Crippen molar-refractivity contribution in [2.45, 2.75) is 44.9 Å². The summed E-state index contributed by atoms with van der Waals surface area (Å²) in [5.74, 6) is -0.326. The van der Waals surface area contributed by atoms with Gasteiger partial charge in [0.15, 0.2) is 0 Å². The molecule has 0 heterocycles. The number of aliphatic hydroxyl groups is 2. The Morgan fingerprint density at radius 2 is 1.45 bits per heavy atom. The second kappa shape index (κ2) is 12.9. The van der Waals surface area contributed by atoms with Gasteiger partial charge >= 0.3 is 0 Å². The summed E-state index contributed by atoms with van der Waals surface area (Å²) in [6.45, 7) is 1.99. The van der Waals surface area contributed by atoms with E-state index in [-0.39, 0.29) is 25.6 Å². The maximum absolute atomic E-state index is 11.8. The molecule has 0 saturated heterocycles. The van der Waals surface area contributed by atoms with Gasteiger partial charge in [0, 0.05) is 0 Å². The molecule has 2 aromatic carbocycles. The van der Waals surface area contributed by atoms with Crippen molar-refractivity contribution in [3.05, 3.63) is 71.8 Å². The lowest BCUT2D eigenvalue weighted by atomic mass is 9.95. The van der Waals surface area contributed by atoms with Crippen LogP contribution in [0.2, 0.25) is 0 Å². The molecule has 7 nitrogen and oxygen atoms in total. The van der Waals surface area contributed by atoms with E-state index in [0.29, 0.717) is 6.61 Å². The van der Waals surface area contributed by atoms with Gasteiger partial charge in [-0.1, -0.05) is 67.6 Å². The molecular weight excluding hydrogens is 420 g/mol. The molecule has 0 radical (unpaired) electrons. The molecule has 0 saturated carbocycles. The van der Waals surface area contributed by atoms with Crippen LogP contribution in [-0.2, 0) is 37.0 Å². The van der Waals surface area contributed by atoms with Crippen LogP contribution in [0.4, 0.5) is 0 Å². The Hall–Kier alpha value is -1.81. The summed E-state index contributed by atoms with van der Waals surface area (Å²) in [5, 5.41) is 19.6. The molecule has 172 valence electrons. The number of hydrogen-bond donors (Lipinski definition) is 2.